The summed E-state index contributed by atoms with van der Waals surface area (Å²) in [6.45, 7) is 1.95. The molecule has 1 aliphatic rings. The molecule has 1 aliphatic carbocycles. The molecule has 1 fully saturated rings. The maximum atomic E-state index is 4.55. The Morgan fingerprint density at radius 1 is 1.38 bits per heavy atom. The number of aromatic nitrogens is 2. The van der Waals surface area contributed by atoms with E-state index in [9.17, 15) is 0 Å². The molecule has 1 heterocycles. The van der Waals surface area contributed by atoms with Crippen LogP contribution in [0.5, 0.6) is 0 Å². The zero-order valence-electron chi connectivity index (χ0n) is 9.61. The quantitative estimate of drug-likeness (QED) is 0.667. The van der Waals surface area contributed by atoms with E-state index in [2.05, 4.69) is 22.0 Å². The van der Waals surface area contributed by atoms with Gasteiger partial charge >= 0.3 is 0 Å². The second-order valence-electron chi connectivity index (χ2n) is 4.61. The highest BCUT2D eigenvalue weighted by molar-refractivity contribution is 8.01. The van der Waals surface area contributed by atoms with Gasteiger partial charge in [-0.2, -0.15) is 17.0 Å². The van der Waals surface area contributed by atoms with Crippen molar-refractivity contribution in [3.63, 3.8) is 0 Å². The standard InChI is InChI=1S/C11H18N2S3/c1-9-12-10(16-13-9)15-8-11(7-14)5-3-2-4-6-11/h14H,2-8H2,1H3. The maximum absolute atomic E-state index is 4.55. The van der Waals surface area contributed by atoms with Crippen molar-refractivity contribution in [2.24, 2.45) is 5.41 Å². The Morgan fingerprint density at radius 3 is 2.69 bits per heavy atom. The van der Waals surface area contributed by atoms with Crippen LogP contribution in [0.4, 0.5) is 0 Å². The number of aryl methyl sites for hydroxylation is 1. The van der Waals surface area contributed by atoms with Crippen LogP contribution in [-0.2, 0) is 0 Å². The number of hydrogen-bond acceptors (Lipinski definition) is 5. The predicted molar refractivity (Wildman–Crippen MR) is 74.7 cm³/mol. The molecule has 0 saturated heterocycles. The van der Waals surface area contributed by atoms with Crippen molar-refractivity contribution < 1.29 is 0 Å². The summed E-state index contributed by atoms with van der Waals surface area (Å²) >= 11 is 7.95. The van der Waals surface area contributed by atoms with Gasteiger partial charge in [-0.1, -0.05) is 31.0 Å². The Balaban J connectivity index is 1.91. The zero-order chi connectivity index (χ0) is 11.4. The number of nitrogens with zero attached hydrogens (tertiary/aromatic N) is 2. The normalized spacial score (nSPS) is 19.9. The molecular weight excluding hydrogens is 256 g/mol. The van der Waals surface area contributed by atoms with Gasteiger partial charge in [0.1, 0.15) is 5.82 Å². The number of rotatable bonds is 4. The molecule has 0 bridgehead atoms. The molecule has 0 unspecified atom stereocenters. The fourth-order valence-electron chi connectivity index (χ4n) is 2.20. The van der Waals surface area contributed by atoms with E-state index in [-0.39, 0.29) is 0 Å². The lowest BCUT2D eigenvalue weighted by Crippen LogP contribution is -2.28. The summed E-state index contributed by atoms with van der Waals surface area (Å²) in [7, 11) is 0. The third-order valence-electron chi connectivity index (χ3n) is 3.26. The van der Waals surface area contributed by atoms with Gasteiger partial charge in [-0.25, -0.2) is 4.98 Å². The molecule has 5 heteroatoms. The summed E-state index contributed by atoms with van der Waals surface area (Å²) in [5.74, 6) is 3.07. The largest absolute Gasteiger partial charge is 0.213 e. The summed E-state index contributed by atoms with van der Waals surface area (Å²) in [5, 5.41) is 0. The molecule has 0 N–H and O–H groups in total. The minimum atomic E-state index is 0.450. The van der Waals surface area contributed by atoms with Crippen molar-refractivity contribution in [3.8, 4) is 0 Å². The Hall–Kier alpha value is 0.260. The van der Waals surface area contributed by atoms with Crippen molar-refractivity contribution >= 4 is 35.9 Å². The summed E-state index contributed by atoms with van der Waals surface area (Å²) in [6.07, 6.45) is 6.81. The third-order valence-corrected chi connectivity index (χ3v) is 6.21. The van der Waals surface area contributed by atoms with Gasteiger partial charge in [0.2, 0.25) is 0 Å². The lowest BCUT2D eigenvalue weighted by Gasteiger charge is -2.35. The van der Waals surface area contributed by atoms with Crippen LogP contribution in [0.15, 0.2) is 4.34 Å². The second kappa shape index (κ2) is 5.74. The van der Waals surface area contributed by atoms with Gasteiger partial charge in [0, 0.05) is 5.75 Å². The van der Waals surface area contributed by atoms with Crippen LogP contribution >= 0.6 is 35.9 Å². The van der Waals surface area contributed by atoms with Crippen molar-refractivity contribution in [2.45, 2.75) is 43.4 Å². The average molecular weight is 274 g/mol. The van der Waals surface area contributed by atoms with Gasteiger partial charge in [0.15, 0.2) is 4.34 Å². The molecule has 16 heavy (non-hydrogen) atoms. The highest BCUT2D eigenvalue weighted by atomic mass is 32.2. The Labute approximate surface area is 111 Å². The van der Waals surface area contributed by atoms with Crippen LogP contribution in [-0.4, -0.2) is 20.9 Å². The maximum Gasteiger partial charge on any atom is 0.170 e. The molecule has 1 aromatic rings. The third kappa shape index (κ3) is 3.14. The van der Waals surface area contributed by atoms with Gasteiger partial charge in [-0.3, -0.25) is 0 Å². The fourth-order valence-corrected chi connectivity index (χ4v) is 4.72. The van der Waals surface area contributed by atoms with Gasteiger partial charge in [-0.05, 0) is 42.5 Å². The highest BCUT2D eigenvalue weighted by Gasteiger charge is 2.30. The molecule has 90 valence electrons. The lowest BCUT2D eigenvalue weighted by atomic mass is 9.77. The van der Waals surface area contributed by atoms with E-state index >= 15 is 0 Å². The first kappa shape index (κ1) is 12.7. The number of thioether (sulfide) groups is 1. The molecule has 0 spiro atoms. The molecule has 2 nitrogen and oxygen atoms in total. The van der Waals surface area contributed by atoms with Crippen LogP contribution < -0.4 is 0 Å². The molecule has 2 rings (SSSR count). The molecule has 0 radical (unpaired) electrons. The predicted octanol–water partition coefficient (Wildman–Crippen LogP) is 3.82. The van der Waals surface area contributed by atoms with Crippen molar-refractivity contribution in [1.29, 1.82) is 0 Å². The fraction of sp³-hybridized carbons (Fsp3) is 0.818. The van der Waals surface area contributed by atoms with Gasteiger partial charge in [0.05, 0.1) is 0 Å². The molecule has 0 amide bonds. The first-order valence-electron chi connectivity index (χ1n) is 5.78. The van der Waals surface area contributed by atoms with Crippen LogP contribution in [0.2, 0.25) is 0 Å². The van der Waals surface area contributed by atoms with Crippen molar-refractivity contribution in [1.82, 2.24) is 9.36 Å². The first-order chi connectivity index (χ1) is 7.74. The van der Waals surface area contributed by atoms with E-state index in [4.69, 9.17) is 0 Å². The molecule has 1 saturated carbocycles. The SMILES string of the molecule is Cc1nsc(SCC2(CS)CCCCC2)n1. The van der Waals surface area contributed by atoms with Crippen molar-refractivity contribution in [3.05, 3.63) is 5.82 Å². The first-order valence-corrected chi connectivity index (χ1v) is 8.17. The highest BCUT2D eigenvalue weighted by Crippen LogP contribution is 2.41. The topological polar surface area (TPSA) is 25.8 Å². The number of hydrogen-bond donors (Lipinski definition) is 1. The van der Waals surface area contributed by atoms with E-state index in [1.165, 1.54) is 43.6 Å². The zero-order valence-corrected chi connectivity index (χ0v) is 12.1. The van der Waals surface area contributed by atoms with Gasteiger partial charge in [0.25, 0.3) is 0 Å². The van der Waals surface area contributed by atoms with Gasteiger partial charge < -0.3 is 0 Å². The second-order valence-corrected chi connectivity index (χ2v) is 6.91. The summed E-state index contributed by atoms with van der Waals surface area (Å²) < 4.78 is 5.33. The molecule has 0 aromatic carbocycles. The summed E-state index contributed by atoms with van der Waals surface area (Å²) in [4.78, 5) is 4.41. The minimum absolute atomic E-state index is 0.450. The molecule has 0 aliphatic heterocycles. The minimum Gasteiger partial charge on any atom is -0.213 e. The Bertz CT molecular complexity index is 332. The van der Waals surface area contributed by atoms with Crippen LogP contribution in [0.25, 0.3) is 0 Å². The summed E-state index contributed by atoms with van der Waals surface area (Å²) in [5.41, 5.74) is 0.450. The Kier molecular flexibility index (Phi) is 4.56. The number of thiol groups is 1. The van der Waals surface area contributed by atoms with Gasteiger partial charge in [-0.15, -0.1) is 0 Å². The Morgan fingerprint density at radius 2 is 2.12 bits per heavy atom. The van der Waals surface area contributed by atoms with E-state index in [0.717, 1.165) is 21.7 Å². The van der Waals surface area contributed by atoms with Crippen LogP contribution in [0.3, 0.4) is 0 Å². The molecule has 1 aromatic heterocycles. The molecular formula is C11H18N2S3. The molecule has 0 atom stereocenters. The van der Waals surface area contributed by atoms with Crippen molar-refractivity contribution in [2.75, 3.05) is 11.5 Å². The van der Waals surface area contributed by atoms with Crippen LogP contribution in [0.1, 0.15) is 37.9 Å². The smallest absolute Gasteiger partial charge is 0.170 e. The van der Waals surface area contributed by atoms with E-state index in [1.807, 2.05) is 18.7 Å². The van der Waals surface area contributed by atoms with E-state index in [1.54, 1.807) is 0 Å². The lowest BCUT2D eigenvalue weighted by molar-refractivity contribution is 0.259. The van der Waals surface area contributed by atoms with Crippen LogP contribution in [0, 0.1) is 12.3 Å². The summed E-state index contributed by atoms with van der Waals surface area (Å²) in [6, 6.07) is 0. The van der Waals surface area contributed by atoms with E-state index < -0.39 is 0 Å². The van der Waals surface area contributed by atoms with E-state index in [0.29, 0.717) is 5.41 Å². The average Bonchev–Trinajstić information content (AvgIpc) is 2.74. The monoisotopic (exact) mass is 274 g/mol.